The molecule has 11 heterocycles. The highest BCUT2D eigenvalue weighted by atomic mass is 16.5. The van der Waals surface area contributed by atoms with Gasteiger partial charge in [0.05, 0.1) is 63.4 Å². The molecule has 20 nitrogen and oxygen atoms in total. The van der Waals surface area contributed by atoms with Crippen LogP contribution < -0.4 is 43.1 Å². The molecule has 0 N–H and O–H groups in total. The van der Waals surface area contributed by atoms with Crippen molar-refractivity contribution in [2.24, 2.45) is 11.3 Å². The molecule has 20 heteroatoms. The number of fused-ring (bicyclic) bond motifs is 3. The van der Waals surface area contributed by atoms with Crippen molar-refractivity contribution >= 4 is 49.8 Å². The minimum absolute atomic E-state index is 0.505. The molecule has 9 aromatic rings. The number of nitrogens with zero attached hydrogens (tertiary/aromatic N) is 11. The number of likely N-dealkylation sites (tertiary alicyclic amines) is 5. The van der Waals surface area contributed by atoms with Crippen molar-refractivity contribution in [1.29, 1.82) is 0 Å². The van der Waals surface area contributed by atoms with Crippen molar-refractivity contribution in [3.8, 4) is 68.7 Å². The summed E-state index contributed by atoms with van der Waals surface area (Å²) in [6, 6.07) is 30.2. The van der Waals surface area contributed by atoms with Crippen molar-refractivity contribution in [1.82, 2.24) is 39.5 Å². The summed E-state index contributed by atoms with van der Waals surface area (Å²) in [6.45, 7) is 26.4. The van der Waals surface area contributed by atoms with Crippen LogP contribution in [0.15, 0.2) is 98.2 Å². The van der Waals surface area contributed by atoms with Crippen LogP contribution in [0.2, 0.25) is 0 Å². The Morgan fingerprint density at radius 3 is 1.22 bits per heavy atom. The predicted molar refractivity (Wildman–Crippen MR) is 449 cm³/mol. The molecular weight excluding hydrogens is 1390 g/mol. The fourth-order valence-corrected chi connectivity index (χ4v) is 18.6. The van der Waals surface area contributed by atoms with Crippen molar-refractivity contribution < 1.29 is 41.7 Å². The highest BCUT2D eigenvalue weighted by molar-refractivity contribution is 5.98. The van der Waals surface area contributed by atoms with Gasteiger partial charge in [-0.25, -0.2) is 15.0 Å². The van der Waals surface area contributed by atoms with E-state index in [9.17, 15) is 0 Å². The van der Waals surface area contributed by atoms with E-state index < -0.39 is 0 Å². The van der Waals surface area contributed by atoms with Crippen molar-refractivity contribution in [3.05, 3.63) is 108 Å². The van der Waals surface area contributed by atoms with E-state index in [0.29, 0.717) is 43.2 Å². The molecule has 5 aliphatic heterocycles. The van der Waals surface area contributed by atoms with Crippen LogP contribution in [-0.4, -0.2) is 220 Å². The van der Waals surface area contributed by atoms with Gasteiger partial charge in [-0.1, -0.05) is 12.8 Å². The Kier molecular flexibility index (Phi) is 26.2. The van der Waals surface area contributed by atoms with Gasteiger partial charge in [-0.3, -0.25) is 0 Å². The minimum atomic E-state index is 0.505. The van der Waals surface area contributed by atoms with Gasteiger partial charge in [-0.15, -0.1) is 0 Å². The lowest BCUT2D eigenvalue weighted by Crippen LogP contribution is -2.57. The fraction of sp³-hybridized carbons (Fsp3) is 0.571. The lowest BCUT2D eigenvalue weighted by molar-refractivity contribution is -0.0134. The smallest absolute Gasteiger partial charge is 0.163 e. The Balaban J connectivity index is 0.000000139. The van der Waals surface area contributed by atoms with E-state index in [1.807, 2.05) is 58.0 Å². The number of anilines is 3. The lowest BCUT2D eigenvalue weighted by Gasteiger charge is -2.53. The maximum atomic E-state index is 6.28. The van der Waals surface area contributed by atoms with Gasteiger partial charge in [-0.05, 0) is 281 Å². The first kappa shape index (κ1) is 79.4. The van der Waals surface area contributed by atoms with E-state index in [0.717, 1.165) is 170 Å². The Bertz CT molecular complexity index is 4520. The summed E-state index contributed by atoms with van der Waals surface area (Å²) < 4.78 is 54.0. The van der Waals surface area contributed by atoms with Gasteiger partial charge in [-0.2, -0.15) is 0 Å². The Labute approximate surface area is 660 Å². The molecule has 598 valence electrons. The molecule has 0 bridgehead atoms. The van der Waals surface area contributed by atoms with Crippen LogP contribution in [0.5, 0.6) is 34.5 Å². The summed E-state index contributed by atoms with van der Waals surface area (Å²) in [7, 11) is 16.3. The monoisotopic (exact) mass is 1520 g/mol. The predicted octanol–water partition coefficient (Wildman–Crippen LogP) is 17.8. The van der Waals surface area contributed by atoms with Crippen LogP contribution in [0.1, 0.15) is 145 Å². The Morgan fingerprint density at radius 2 is 0.829 bits per heavy atom. The third-order valence-corrected chi connectivity index (χ3v) is 24.9. The number of benzene rings is 3. The van der Waals surface area contributed by atoms with Gasteiger partial charge < -0.3 is 80.9 Å². The highest BCUT2D eigenvalue weighted by Gasteiger charge is 2.44. The number of methoxy groups -OCH3 is 3. The van der Waals surface area contributed by atoms with Gasteiger partial charge in [0.2, 0.25) is 0 Å². The molecule has 6 aromatic heterocycles. The molecule has 0 atom stereocenters. The first-order chi connectivity index (χ1) is 54.0. The molecule has 3 aromatic carbocycles. The number of aromatic nitrogens is 3. The van der Waals surface area contributed by atoms with Gasteiger partial charge in [0.25, 0.3) is 0 Å². The molecule has 7 fully saturated rings. The van der Waals surface area contributed by atoms with E-state index >= 15 is 0 Å². The molecular formula is C91H125N11O9. The maximum Gasteiger partial charge on any atom is 0.163 e. The summed E-state index contributed by atoms with van der Waals surface area (Å²) in [5, 5.41) is 3.26. The van der Waals surface area contributed by atoms with E-state index in [-0.39, 0.29) is 0 Å². The zero-order valence-corrected chi connectivity index (χ0v) is 68.9. The second-order valence-corrected chi connectivity index (χ2v) is 33.2. The molecule has 0 amide bonds. The fourth-order valence-electron chi connectivity index (χ4n) is 18.6. The summed E-state index contributed by atoms with van der Waals surface area (Å²) in [5.41, 5.74) is 10.5. The number of pyridine rings is 3. The molecule has 0 unspecified atom stereocenters. The number of ether oxygens (including phenoxy) is 6. The van der Waals surface area contributed by atoms with Crippen LogP contribution in [0.4, 0.5) is 17.1 Å². The lowest BCUT2D eigenvalue weighted by atomic mass is 9.67. The first-order valence-electron chi connectivity index (χ1n) is 41.8. The largest absolute Gasteiger partial charge is 0.493 e. The number of aryl methyl sites for hydroxylation is 4. The summed E-state index contributed by atoms with van der Waals surface area (Å²) in [4.78, 5) is 34.9. The Hall–Kier alpha value is -8.27. The van der Waals surface area contributed by atoms with Crippen LogP contribution in [0, 0.1) is 39.0 Å². The minimum Gasteiger partial charge on any atom is -0.493 e. The standard InChI is InChI=1S/C32H44N4O3.C31H44N4O3.C28H37N3O3/c1-23-8-9-29(39-23)27-19-28(35(3)24-10-12-32(13-11-24)21-34(2)22-32)25-18-30(37-4)31(20-26(25)33-27)38-17-7-16-36-14-5-6-15-36;1-22-17-25(23(2)38-22)27-19-29(34(4)21-24-9-14-33(3)15-10-24)26-18-30(36-5)31(20-28(26)32-27)37-16-8-13-35-11-6-7-12-35;1-20-11-12-26(34-20)24-18-25(30(2)21-9-4-5-10-21)22-17-27(32-3)28(19-23(22)29-24)33-16-8-15-31-13-6-7-14-31/h8-9,18-20,24H,5-7,10-17,21-22H2,1-4H3;17-20,24H,6-16,21H2,1-5H3;11-12,17-19,21H,4-10,13-16H2,1-3H3. The van der Waals surface area contributed by atoms with Crippen LogP contribution >= 0.6 is 0 Å². The third-order valence-electron chi connectivity index (χ3n) is 24.9. The zero-order chi connectivity index (χ0) is 77.1. The number of piperidine rings is 1. The van der Waals surface area contributed by atoms with Crippen molar-refractivity contribution in [2.45, 2.75) is 162 Å². The summed E-state index contributed by atoms with van der Waals surface area (Å²) >= 11 is 0. The topological polar surface area (TPSA) is 159 Å². The first-order valence-corrected chi connectivity index (χ1v) is 41.8. The number of furan rings is 3. The number of rotatable bonds is 28. The average molecular weight is 1520 g/mol. The average Bonchev–Trinajstić information content (AvgIpc) is 0.883. The van der Waals surface area contributed by atoms with Gasteiger partial charge in [0.1, 0.15) is 34.4 Å². The molecule has 0 radical (unpaired) electrons. The van der Waals surface area contributed by atoms with Gasteiger partial charge in [0, 0.05) is 129 Å². The molecule has 7 aliphatic rings. The molecule has 16 rings (SSSR count). The maximum absolute atomic E-state index is 6.28. The van der Waals surface area contributed by atoms with Gasteiger partial charge >= 0.3 is 0 Å². The van der Waals surface area contributed by atoms with Crippen LogP contribution in [-0.2, 0) is 0 Å². The van der Waals surface area contributed by atoms with E-state index in [1.165, 1.54) is 185 Å². The van der Waals surface area contributed by atoms with Crippen molar-refractivity contribution in [3.63, 3.8) is 0 Å². The molecule has 2 saturated carbocycles. The molecule has 111 heavy (non-hydrogen) atoms. The van der Waals surface area contributed by atoms with E-state index in [1.54, 1.807) is 21.3 Å². The molecule has 2 aliphatic carbocycles. The second kappa shape index (κ2) is 36.7. The molecule has 5 saturated heterocycles. The second-order valence-electron chi connectivity index (χ2n) is 33.2. The van der Waals surface area contributed by atoms with E-state index in [4.69, 9.17) is 56.6 Å². The summed E-state index contributed by atoms with van der Waals surface area (Å²) in [5.74, 6) is 10.4. The highest BCUT2D eigenvalue weighted by Crippen LogP contribution is 2.48. The quantitative estimate of drug-likeness (QED) is 0.0426. The van der Waals surface area contributed by atoms with Crippen LogP contribution in [0.25, 0.3) is 66.9 Å². The normalized spacial score (nSPS) is 18.2. The summed E-state index contributed by atoms with van der Waals surface area (Å²) in [6.07, 6.45) is 23.5. The Morgan fingerprint density at radius 1 is 0.423 bits per heavy atom. The SMILES string of the molecule is COc1cc2c(N(C)C3CCC4(CC3)CN(C)C4)cc(-c3ccc(C)o3)nc2cc1OCCCN1CCCC1.COc1cc2c(N(C)C3CCCC3)cc(-c3ccc(C)o3)nc2cc1OCCCN1CCCC1.COc1cc2c(N(C)CC3CCN(C)CC3)cc(-c3cc(C)oc3C)nc2cc1OCCCN1CCCC1. The molecule has 1 spiro atoms. The van der Waals surface area contributed by atoms with Crippen LogP contribution in [0.3, 0.4) is 0 Å². The van der Waals surface area contributed by atoms with Crippen molar-refractivity contribution in [2.75, 3.05) is 183 Å². The van der Waals surface area contributed by atoms with E-state index in [2.05, 4.69) is 129 Å². The number of hydrogen-bond acceptors (Lipinski definition) is 20. The third kappa shape index (κ3) is 19.3. The van der Waals surface area contributed by atoms with Gasteiger partial charge in [0.15, 0.2) is 46.0 Å². The number of hydrogen-bond donors (Lipinski definition) is 0. The zero-order valence-electron chi connectivity index (χ0n) is 68.9.